The second-order valence-corrected chi connectivity index (χ2v) is 12.8. The number of piperidine rings is 1. The molecule has 2 atom stereocenters. The lowest BCUT2D eigenvalue weighted by Gasteiger charge is -2.39. The van der Waals surface area contributed by atoms with Gasteiger partial charge in [-0.1, -0.05) is 79.0 Å². The molecule has 0 N–H and O–H groups in total. The number of amides is 1. The van der Waals surface area contributed by atoms with Gasteiger partial charge in [0, 0.05) is 36.2 Å². The normalized spacial score (nSPS) is 21.5. The van der Waals surface area contributed by atoms with E-state index in [4.69, 9.17) is 4.74 Å². The molecule has 2 saturated heterocycles. The van der Waals surface area contributed by atoms with Crippen LogP contribution in [-0.2, 0) is 5.75 Å². The first-order chi connectivity index (χ1) is 17.0. The fourth-order valence-electron chi connectivity index (χ4n) is 5.17. The lowest BCUT2D eigenvalue weighted by molar-refractivity contribution is 0.0356. The van der Waals surface area contributed by atoms with E-state index in [2.05, 4.69) is 59.3 Å². The van der Waals surface area contributed by atoms with Crippen LogP contribution in [0.5, 0.6) is 5.75 Å². The summed E-state index contributed by atoms with van der Waals surface area (Å²) in [5.41, 5.74) is 3.22. The summed E-state index contributed by atoms with van der Waals surface area (Å²) >= 11 is 4.93. The van der Waals surface area contributed by atoms with Gasteiger partial charge in [0.05, 0.1) is 0 Å². The van der Waals surface area contributed by atoms with Crippen molar-refractivity contribution in [2.75, 3.05) is 6.26 Å². The maximum atomic E-state index is 13.5. The van der Waals surface area contributed by atoms with E-state index in [-0.39, 0.29) is 24.1 Å². The monoisotopic (exact) mass is 525 g/mol. The number of rotatable bonds is 8. The third-order valence-electron chi connectivity index (χ3n) is 6.88. The molecule has 184 valence electrons. The van der Waals surface area contributed by atoms with Gasteiger partial charge >= 0.3 is 0 Å². The van der Waals surface area contributed by atoms with E-state index in [0.717, 1.165) is 51.4 Å². The molecule has 2 aliphatic rings. The molecule has 0 radical (unpaired) electrons. The zero-order valence-electron chi connectivity index (χ0n) is 20.3. The molecule has 1 aromatic heterocycles. The number of para-hydroxylation sites is 1. The van der Waals surface area contributed by atoms with Gasteiger partial charge in [0.2, 0.25) is 0 Å². The lowest BCUT2D eigenvalue weighted by Crippen LogP contribution is -2.49. The largest absolute Gasteiger partial charge is 0.490 e. The van der Waals surface area contributed by atoms with Crippen LogP contribution in [0.1, 0.15) is 66.9 Å². The molecule has 5 nitrogen and oxygen atoms in total. The first-order valence-corrected chi connectivity index (χ1v) is 15.2. The highest BCUT2D eigenvalue weighted by Gasteiger charge is 2.44. The van der Waals surface area contributed by atoms with E-state index in [1.165, 1.54) is 11.1 Å². The molecule has 1 amide bonds. The molecule has 2 unspecified atom stereocenters. The number of thioether (sulfide) groups is 2. The van der Waals surface area contributed by atoms with Crippen LogP contribution >= 0.6 is 34.9 Å². The SMILES string of the molecule is CSc1nnc(SCc2ccc(C(=O)N3C4CCC3CC(Oc3ccccc3C(C)C)C4)cc2)s1. The van der Waals surface area contributed by atoms with Crippen molar-refractivity contribution in [3.63, 3.8) is 0 Å². The standard InChI is InChI=1S/C27H31N3O2S3/c1-17(2)23-6-4-5-7-24(23)32-22-14-20-12-13-21(15-22)30(20)25(31)19-10-8-18(9-11-19)16-34-27-29-28-26(33-3)35-27/h4-11,17,20-22H,12-16H2,1-3H3. The molecule has 35 heavy (non-hydrogen) atoms. The van der Waals surface area contributed by atoms with Crippen molar-refractivity contribution >= 4 is 40.8 Å². The molecule has 2 aromatic carbocycles. The fraction of sp³-hybridized carbons (Fsp3) is 0.444. The highest BCUT2D eigenvalue weighted by Crippen LogP contribution is 2.39. The molecular weight excluding hydrogens is 495 g/mol. The van der Waals surface area contributed by atoms with Crippen LogP contribution in [0.4, 0.5) is 0 Å². The Bertz CT molecular complexity index is 1150. The van der Waals surface area contributed by atoms with Crippen LogP contribution in [0.2, 0.25) is 0 Å². The van der Waals surface area contributed by atoms with Crippen molar-refractivity contribution in [3.8, 4) is 5.75 Å². The maximum absolute atomic E-state index is 13.5. The Hall–Kier alpha value is -2.03. The third kappa shape index (κ3) is 5.54. The van der Waals surface area contributed by atoms with Gasteiger partial charge in [-0.3, -0.25) is 4.79 Å². The van der Waals surface area contributed by atoms with Crippen LogP contribution < -0.4 is 4.74 Å². The van der Waals surface area contributed by atoms with Crippen molar-refractivity contribution in [1.29, 1.82) is 0 Å². The van der Waals surface area contributed by atoms with Gasteiger partial charge in [0.25, 0.3) is 5.91 Å². The van der Waals surface area contributed by atoms with Crippen LogP contribution in [0.25, 0.3) is 0 Å². The molecule has 3 heterocycles. The van der Waals surface area contributed by atoms with Crippen LogP contribution in [0, 0.1) is 0 Å². The molecule has 5 rings (SSSR count). The first-order valence-electron chi connectivity index (χ1n) is 12.2. The number of nitrogens with zero attached hydrogens (tertiary/aromatic N) is 3. The van der Waals surface area contributed by atoms with Crippen LogP contribution in [0.15, 0.2) is 57.2 Å². The Labute approximate surface area is 220 Å². The average molecular weight is 526 g/mol. The molecule has 2 fully saturated rings. The summed E-state index contributed by atoms with van der Waals surface area (Å²) in [6.07, 6.45) is 6.13. The molecule has 3 aromatic rings. The number of hydrogen-bond donors (Lipinski definition) is 0. The second kappa shape index (κ2) is 10.9. The summed E-state index contributed by atoms with van der Waals surface area (Å²) in [5, 5.41) is 8.37. The summed E-state index contributed by atoms with van der Waals surface area (Å²) in [5.74, 6) is 2.41. The molecule has 0 saturated carbocycles. The Morgan fingerprint density at radius 1 is 1.06 bits per heavy atom. The van der Waals surface area contributed by atoms with E-state index in [9.17, 15) is 4.79 Å². The number of ether oxygens (including phenoxy) is 1. The smallest absolute Gasteiger partial charge is 0.254 e. The van der Waals surface area contributed by atoms with Crippen molar-refractivity contribution in [2.24, 2.45) is 0 Å². The number of hydrogen-bond acceptors (Lipinski definition) is 7. The molecular formula is C27H31N3O2S3. The number of fused-ring (bicyclic) bond motifs is 2. The Balaban J connectivity index is 1.20. The van der Waals surface area contributed by atoms with Crippen molar-refractivity contribution in [2.45, 2.75) is 78.1 Å². The molecule has 0 spiro atoms. The first kappa shape index (κ1) is 24.7. The van der Waals surface area contributed by atoms with E-state index in [0.29, 0.717) is 5.92 Å². The highest BCUT2D eigenvalue weighted by atomic mass is 32.2. The summed E-state index contributed by atoms with van der Waals surface area (Å²) in [6.45, 7) is 4.41. The van der Waals surface area contributed by atoms with E-state index in [1.54, 1.807) is 34.9 Å². The highest BCUT2D eigenvalue weighted by molar-refractivity contribution is 8.02. The topological polar surface area (TPSA) is 55.3 Å². The quantitative estimate of drug-likeness (QED) is 0.299. The summed E-state index contributed by atoms with van der Waals surface area (Å²) < 4.78 is 8.47. The van der Waals surface area contributed by atoms with E-state index < -0.39 is 0 Å². The summed E-state index contributed by atoms with van der Waals surface area (Å²) in [6, 6.07) is 17.0. The predicted molar refractivity (Wildman–Crippen MR) is 145 cm³/mol. The molecule has 2 bridgehead atoms. The number of carbonyl (C=O) groups excluding carboxylic acids is 1. The second-order valence-electron chi connectivity index (χ2n) is 9.52. The Morgan fingerprint density at radius 2 is 1.74 bits per heavy atom. The van der Waals surface area contributed by atoms with Crippen molar-refractivity contribution < 1.29 is 9.53 Å². The molecule has 8 heteroatoms. The van der Waals surface area contributed by atoms with Gasteiger partial charge < -0.3 is 9.64 Å². The number of benzene rings is 2. The van der Waals surface area contributed by atoms with Gasteiger partial charge in [-0.05, 0) is 54.3 Å². The number of carbonyl (C=O) groups is 1. The van der Waals surface area contributed by atoms with Gasteiger partial charge in [0.1, 0.15) is 11.9 Å². The van der Waals surface area contributed by atoms with Gasteiger partial charge in [-0.25, -0.2) is 0 Å². The van der Waals surface area contributed by atoms with E-state index >= 15 is 0 Å². The van der Waals surface area contributed by atoms with Gasteiger partial charge in [0.15, 0.2) is 8.68 Å². The van der Waals surface area contributed by atoms with Gasteiger partial charge in [-0.2, -0.15) is 0 Å². The van der Waals surface area contributed by atoms with Crippen molar-refractivity contribution in [1.82, 2.24) is 15.1 Å². The Kier molecular flexibility index (Phi) is 7.70. The minimum absolute atomic E-state index is 0.159. The summed E-state index contributed by atoms with van der Waals surface area (Å²) in [7, 11) is 0. The third-order valence-corrected chi connectivity index (χ3v) is 9.99. The zero-order valence-corrected chi connectivity index (χ0v) is 22.8. The lowest BCUT2D eigenvalue weighted by atomic mass is 9.97. The van der Waals surface area contributed by atoms with Gasteiger partial charge in [-0.15, -0.1) is 10.2 Å². The predicted octanol–water partition coefficient (Wildman–Crippen LogP) is 6.89. The zero-order chi connectivity index (χ0) is 24.4. The molecule has 2 aliphatic heterocycles. The minimum atomic E-state index is 0.159. The van der Waals surface area contributed by atoms with Crippen LogP contribution in [-0.4, -0.2) is 45.4 Å². The fourth-order valence-corrected chi connectivity index (χ4v) is 7.57. The minimum Gasteiger partial charge on any atom is -0.490 e. The Morgan fingerprint density at radius 3 is 2.40 bits per heavy atom. The number of aromatic nitrogens is 2. The van der Waals surface area contributed by atoms with E-state index in [1.807, 2.05) is 24.5 Å². The van der Waals surface area contributed by atoms with Crippen LogP contribution in [0.3, 0.4) is 0 Å². The van der Waals surface area contributed by atoms with Crippen molar-refractivity contribution in [3.05, 3.63) is 65.2 Å². The molecule has 0 aliphatic carbocycles. The maximum Gasteiger partial charge on any atom is 0.254 e. The summed E-state index contributed by atoms with van der Waals surface area (Å²) in [4.78, 5) is 15.6. The average Bonchev–Trinajstić information content (AvgIpc) is 3.44.